The fraction of sp³-hybridized carbons (Fsp3) is 0.333. The minimum absolute atomic E-state index is 0.0787. The number of methoxy groups -OCH3 is 1. The molecule has 0 amide bonds. The van der Waals surface area contributed by atoms with Crippen molar-refractivity contribution in [2.75, 3.05) is 7.11 Å². The zero-order valence-corrected chi connectivity index (χ0v) is 11.7. The number of nitrogens with zero attached hydrogens (tertiary/aromatic N) is 2. The summed E-state index contributed by atoms with van der Waals surface area (Å²) in [6.07, 6.45) is 2.23. The maximum Gasteiger partial charge on any atom is 0.307 e. The summed E-state index contributed by atoms with van der Waals surface area (Å²) in [4.78, 5) is 11.5. The molecule has 1 aromatic heterocycles. The van der Waals surface area contributed by atoms with Crippen molar-refractivity contribution < 1.29 is 14.7 Å². The number of oxime groups is 1. The van der Waals surface area contributed by atoms with E-state index in [0.717, 1.165) is 23.7 Å². The average molecular weight is 287 g/mol. The number of ether oxygens (including phenoxy) is 1. The lowest BCUT2D eigenvalue weighted by Crippen LogP contribution is -2.14. The van der Waals surface area contributed by atoms with Crippen molar-refractivity contribution in [3.05, 3.63) is 35.5 Å². The number of amidine groups is 1. The molecule has 110 valence electrons. The van der Waals surface area contributed by atoms with Gasteiger partial charge >= 0.3 is 5.97 Å². The molecule has 0 saturated carbocycles. The van der Waals surface area contributed by atoms with Gasteiger partial charge in [-0.15, -0.1) is 0 Å². The Morgan fingerprint density at radius 1 is 1.52 bits per heavy atom. The van der Waals surface area contributed by atoms with Crippen molar-refractivity contribution in [1.82, 2.24) is 4.57 Å². The minimum Gasteiger partial charge on any atom is -0.469 e. The number of aryl methyl sites for hydroxylation is 1. The number of esters is 1. The molecule has 21 heavy (non-hydrogen) atoms. The number of carbonyl (C=O) groups is 1. The van der Waals surface area contributed by atoms with Gasteiger partial charge in [-0.3, -0.25) is 4.79 Å². The molecule has 1 atom stereocenters. The minimum atomic E-state index is -0.206. The van der Waals surface area contributed by atoms with Crippen LogP contribution in [0.2, 0.25) is 0 Å². The predicted molar refractivity (Wildman–Crippen MR) is 78.4 cm³/mol. The van der Waals surface area contributed by atoms with E-state index in [2.05, 4.69) is 15.8 Å². The molecule has 0 bridgehead atoms. The van der Waals surface area contributed by atoms with Crippen LogP contribution < -0.4 is 5.73 Å². The lowest BCUT2D eigenvalue weighted by molar-refractivity contribution is -0.141. The number of rotatable bonds is 3. The lowest BCUT2D eigenvalue weighted by atomic mass is 10.1. The summed E-state index contributed by atoms with van der Waals surface area (Å²) < 4.78 is 6.94. The highest BCUT2D eigenvalue weighted by Crippen LogP contribution is 2.35. The average Bonchev–Trinajstić information content (AvgIpc) is 3.05. The first-order chi connectivity index (χ1) is 10.1. The topological polar surface area (TPSA) is 89.8 Å². The van der Waals surface area contributed by atoms with Crippen LogP contribution in [0.25, 0.3) is 10.9 Å². The van der Waals surface area contributed by atoms with Crippen molar-refractivity contribution >= 4 is 22.7 Å². The second-order valence-corrected chi connectivity index (χ2v) is 5.24. The molecule has 1 aliphatic rings. The van der Waals surface area contributed by atoms with E-state index >= 15 is 0 Å². The van der Waals surface area contributed by atoms with Gasteiger partial charge in [0.2, 0.25) is 0 Å². The molecule has 6 heteroatoms. The molecule has 0 saturated heterocycles. The SMILES string of the molecule is COC(=O)CC1CCc2cc3ccc(C(N)=NO)cc3n21. The molecule has 0 aliphatic carbocycles. The van der Waals surface area contributed by atoms with E-state index in [1.807, 2.05) is 18.2 Å². The summed E-state index contributed by atoms with van der Waals surface area (Å²) in [5, 5.41) is 12.9. The van der Waals surface area contributed by atoms with Crippen LogP contribution in [0.5, 0.6) is 0 Å². The smallest absolute Gasteiger partial charge is 0.307 e. The third-order valence-electron chi connectivity index (χ3n) is 4.05. The molecule has 0 radical (unpaired) electrons. The number of hydrogen-bond acceptors (Lipinski definition) is 4. The van der Waals surface area contributed by atoms with Crippen LogP contribution in [0.15, 0.2) is 29.4 Å². The molecule has 6 nitrogen and oxygen atoms in total. The number of benzene rings is 1. The quantitative estimate of drug-likeness (QED) is 0.296. The summed E-state index contributed by atoms with van der Waals surface area (Å²) in [6, 6.07) is 7.89. The maximum atomic E-state index is 11.5. The normalized spacial score (nSPS) is 18.0. The fourth-order valence-electron chi connectivity index (χ4n) is 3.03. The Morgan fingerprint density at radius 3 is 3.05 bits per heavy atom. The van der Waals surface area contributed by atoms with Crippen LogP contribution in [-0.2, 0) is 16.0 Å². The molecule has 1 aliphatic heterocycles. The van der Waals surface area contributed by atoms with Gasteiger partial charge in [-0.1, -0.05) is 17.3 Å². The van der Waals surface area contributed by atoms with Crippen LogP contribution >= 0.6 is 0 Å². The van der Waals surface area contributed by atoms with E-state index in [1.165, 1.54) is 12.8 Å². The Kier molecular flexibility index (Phi) is 3.29. The van der Waals surface area contributed by atoms with Gasteiger partial charge in [-0.25, -0.2) is 0 Å². The van der Waals surface area contributed by atoms with Gasteiger partial charge in [0, 0.05) is 22.8 Å². The van der Waals surface area contributed by atoms with Crippen LogP contribution in [0.3, 0.4) is 0 Å². The second-order valence-electron chi connectivity index (χ2n) is 5.24. The Hall–Kier alpha value is -2.50. The zero-order valence-electron chi connectivity index (χ0n) is 11.7. The molecule has 0 spiro atoms. The molecular weight excluding hydrogens is 270 g/mol. The molecule has 2 heterocycles. The molecule has 2 aromatic rings. The van der Waals surface area contributed by atoms with Gasteiger partial charge < -0.3 is 20.2 Å². The van der Waals surface area contributed by atoms with E-state index in [9.17, 15) is 4.79 Å². The third-order valence-corrected chi connectivity index (χ3v) is 4.05. The van der Waals surface area contributed by atoms with Crippen molar-refractivity contribution in [3.8, 4) is 0 Å². The van der Waals surface area contributed by atoms with Crippen LogP contribution in [0, 0.1) is 0 Å². The highest BCUT2D eigenvalue weighted by molar-refractivity contribution is 6.00. The molecular formula is C15H17N3O3. The monoisotopic (exact) mass is 287 g/mol. The summed E-state index contributed by atoms with van der Waals surface area (Å²) in [5.74, 6) is -0.128. The molecule has 3 rings (SSSR count). The van der Waals surface area contributed by atoms with Crippen LogP contribution in [0.4, 0.5) is 0 Å². The lowest BCUT2D eigenvalue weighted by Gasteiger charge is -2.14. The van der Waals surface area contributed by atoms with Gasteiger partial charge in [0.1, 0.15) is 0 Å². The standard InChI is InChI=1S/C15H17N3O3/c1-21-14(19)8-12-5-4-11-6-9-2-3-10(15(16)17-20)7-13(9)18(11)12/h2-3,6-7,12,20H,4-5,8H2,1H3,(H2,16,17). The van der Waals surface area contributed by atoms with Crippen molar-refractivity contribution in [1.29, 1.82) is 0 Å². The van der Waals surface area contributed by atoms with E-state index in [4.69, 9.17) is 15.7 Å². The van der Waals surface area contributed by atoms with Crippen LogP contribution in [-0.4, -0.2) is 28.7 Å². The van der Waals surface area contributed by atoms with Gasteiger partial charge in [-0.05, 0) is 30.4 Å². The first kappa shape index (κ1) is 13.5. The summed E-state index contributed by atoms with van der Waals surface area (Å²) in [6.45, 7) is 0. The van der Waals surface area contributed by atoms with E-state index in [1.54, 1.807) is 0 Å². The Morgan fingerprint density at radius 2 is 2.33 bits per heavy atom. The second kappa shape index (κ2) is 5.12. The van der Waals surface area contributed by atoms with Crippen molar-refractivity contribution in [2.24, 2.45) is 10.9 Å². The number of fused-ring (bicyclic) bond motifs is 3. The predicted octanol–water partition coefficient (Wildman–Crippen LogP) is 1.79. The fourth-order valence-corrected chi connectivity index (χ4v) is 3.03. The molecule has 1 unspecified atom stereocenters. The van der Waals surface area contributed by atoms with Gasteiger partial charge in [0.05, 0.1) is 13.5 Å². The highest BCUT2D eigenvalue weighted by atomic mass is 16.5. The van der Waals surface area contributed by atoms with E-state index in [-0.39, 0.29) is 17.8 Å². The Bertz CT molecular complexity index is 733. The first-order valence-corrected chi connectivity index (χ1v) is 6.82. The summed E-state index contributed by atoms with van der Waals surface area (Å²) >= 11 is 0. The first-order valence-electron chi connectivity index (χ1n) is 6.82. The largest absolute Gasteiger partial charge is 0.469 e. The Labute approximate surface area is 121 Å². The zero-order chi connectivity index (χ0) is 15.0. The Balaban J connectivity index is 2.07. The van der Waals surface area contributed by atoms with Crippen molar-refractivity contribution in [3.63, 3.8) is 0 Å². The molecule has 0 fully saturated rings. The molecule has 3 N–H and O–H groups in total. The van der Waals surface area contributed by atoms with Crippen molar-refractivity contribution in [2.45, 2.75) is 25.3 Å². The summed E-state index contributed by atoms with van der Waals surface area (Å²) in [7, 11) is 1.41. The van der Waals surface area contributed by atoms with E-state index < -0.39 is 0 Å². The maximum absolute atomic E-state index is 11.5. The molecule has 1 aromatic carbocycles. The van der Waals surface area contributed by atoms with Gasteiger partial charge in [-0.2, -0.15) is 0 Å². The van der Waals surface area contributed by atoms with E-state index in [0.29, 0.717) is 12.0 Å². The number of aromatic nitrogens is 1. The number of hydrogen-bond donors (Lipinski definition) is 2. The summed E-state index contributed by atoms with van der Waals surface area (Å²) in [5.41, 5.74) is 8.52. The van der Waals surface area contributed by atoms with Gasteiger partial charge in [0.25, 0.3) is 0 Å². The number of carbonyl (C=O) groups excluding carboxylic acids is 1. The van der Waals surface area contributed by atoms with Crippen LogP contribution in [0.1, 0.15) is 30.1 Å². The number of nitrogens with two attached hydrogens (primary N) is 1. The van der Waals surface area contributed by atoms with Gasteiger partial charge in [0.15, 0.2) is 5.84 Å². The highest BCUT2D eigenvalue weighted by Gasteiger charge is 2.26. The third kappa shape index (κ3) is 2.22.